The standard InChI is InChI=1S/C26H22F2N2O4.C2H6/c1-2-33-22(31)12-15-6-3-4-9-21(15)30-26(32)20-13-19(25-18(24(20)28)10-11-34-25)17-8-5-7-16(14-29)23(17)27;1-2/h3-11,13H,2,12,14,29H2,1H3,(H,30,32);1-2H3. The highest BCUT2D eigenvalue weighted by atomic mass is 19.1. The number of amides is 1. The average molecular weight is 495 g/mol. The predicted molar refractivity (Wildman–Crippen MR) is 136 cm³/mol. The molecule has 4 aromatic rings. The van der Waals surface area contributed by atoms with Crippen LogP contribution < -0.4 is 11.1 Å². The summed E-state index contributed by atoms with van der Waals surface area (Å²) in [6, 6.07) is 14.0. The highest BCUT2D eigenvalue weighted by Gasteiger charge is 2.23. The van der Waals surface area contributed by atoms with Crippen LogP contribution in [0.2, 0.25) is 0 Å². The molecular formula is C28H28F2N2O4. The molecule has 0 radical (unpaired) electrons. The van der Waals surface area contributed by atoms with Crippen LogP contribution in [0.5, 0.6) is 0 Å². The predicted octanol–water partition coefficient (Wildman–Crippen LogP) is 6.22. The van der Waals surface area contributed by atoms with Gasteiger partial charge in [-0.3, -0.25) is 9.59 Å². The molecule has 0 spiro atoms. The quantitative estimate of drug-likeness (QED) is 0.298. The van der Waals surface area contributed by atoms with Crippen molar-refractivity contribution in [3.63, 3.8) is 0 Å². The van der Waals surface area contributed by atoms with Gasteiger partial charge in [0, 0.05) is 28.9 Å². The first kappa shape index (κ1) is 26.6. The van der Waals surface area contributed by atoms with Crippen molar-refractivity contribution in [2.75, 3.05) is 11.9 Å². The van der Waals surface area contributed by atoms with Crippen molar-refractivity contribution in [1.29, 1.82) is 0 Å². The van der Waals surface area contributed by atoms with Crippen LogP contribution in [0.3, 0.4) is 0 Å². The Bertz CT molecular complexity index is 1380. The van der Waals surface area contributed by atoms with Crippen molar-refractivity contribution in [3.05, 3.63) is 89.2 Å². The Kier molecular flexibility index (Phi) is 8.91. The zero-order chi connectivity index (χ0) is 26.2. The molecule has 0 bridgehead atoms. The Morgan fingerprint density at radius 1 is 0.972 bits per heavy atom. The minimum Gasteiger partial charge on any atom is -0.466 e. The van der Waals surface area contributed by atoms with Crippen LogP contribution in [0.25, 0.3) is 22.1 Å². The molecule has 6 nitrogen and oxygen atoms in total. The van der Waals surface area contributed by atoms with Crippen LogP contribution in [0.4, 0.5) is 14.5 Å². The van der Waals surface area contributed by atoms with Gasteiger partial charge in [0.05, 0.1) is 30.2 Å². The molecule has 3 N–H and O–H groups in total. The zero-order valence-electron chi connectivity index (χ0n) is 20.4. The summed E-state index contributed by atoms with van der Waals surface area (Å²) < 4.78 is 40.8. The maximum Gasteiger partial charge on any atom is 0.310 e. The molecule has 0 unspecified atom stereocenters. The minimum atomic E-state index is -0.803. The second kappa shape index (κ2) is 12.1. The van der Waals surface area contributed by atoms with Crippen LogP contribution >= 0.6 is 0 Å². The van der Waals surface area contributed by atoms with Gasteiger partial charge in [-0.05, 0) is 30.7 Å². The van der Waals surface area contributed by atoms with Gasteiger partial charge < -0.3 is 20.2 Å². The summed E-state index contributed by atoms with van der Waals surface area (Å²) in [5.74, 6) is -2.58. The van der Waals surface area contributed by atoms with Crippen molar-refractivity contribution in [2.24, 2.45) is 5.73 Å². The van der Waals surface area contributed by atoms with Crippen molar-refractivity contribution < 1.29 is 27.5 Å². The normalized spacial score (nSPS) is 10.5. The number of fused-ring (bicyclic) bond motifs is 1. The molecule has 0 atom stereocenters. The number of esters is 1. The molecule has 1 aromatic heterocycles. The van der Waals surface area contributed by atoms with E-state index in [0.717, 1.165) is 0 Å². The second-order valence-electron chi connectivity index (χ2n) is 7.52. The molecule has 0 fully saturated rings. The summed E-state index contributed by atoms with van der Waals surface area (Å²) in [7, 11) is 0. The molecule has 1 amide bonds. The maximum atomic E-state index is 15.3. The zero-order valence-corrected chi connectivity index (χ0v) is 20.4. The molecule has 8 heteroatoms. The number of carbonyl (C=O) groups excluding carboxylic acids is 2. The van der Waals surface area contributed by atoms with E-state index >= 15 is 8.78 Å². The number of nitrogens with two attached hydrogens (primary N) is 1. The van der Waals surface area contributed by atoms with Gasteiger partial charge in [-0.1, -0.05) is 50.2 Å². The number of hydrogen-bond donors (Lipinski definition) is 2. The van der Waals surface area contributed by atoms with Crippen molar-refractivity contribution >= 4 is 28.5 Å². The molecule has 0 aliphatic rings. The number of para-hydroxylation sites is 1. The number of ether oxygens (including phenoxy) is 1. The fraction of sp³-hybridized carbons (Fsp3) is 0.214. The van der Waals surface area contributed by atoms with Crippen molar-refractivity contribution in [3.8, 4) is 11.1 Å². The lowest BCUT2D eigenvalue weighted by Gasteiger charge is -2.13. The Morgan fingerprint density at radius 2 is 1.69 bits per heavy atom. The average Bonchev–Trinajstić information content (AvgIpc) is 3.38. The van der Waals surface area contributed by atoms with Gasteiger partial charge in [-0.15, -0.1) is 0 Å². The third-order valence-electron chi connectivity index (χ3n) is 5.41. The van der Waals surface area contributed by atoms with Gasteiger partial charge in [0.1, 0.15) is 17.2 Å². The molecule has 3 aromatic carbocycles. The third-order valence-corrected chi connectivity index (χ3v) is 5.41. The minimum absolute atomic E-state index is 0.0211. The lowest BCUT2D eigenvalue weighted by atomic mass is 9.97. The molecule has 1 heterocycles. The summed E-state index contributed by atoms with van der Waals surface area (Å²) >= 11 is 0. The molecule has 0 saturated carbocycles. The van der Waals surface area contributed by atoms with E-state index in [1.165, 1.54) is 24.5 Å². The number of furan rings is 1. The summed E-state index contributed by atoms with van der Waals surface area (Å²) in [5.41, 5.74) is 6.93. The maximum absolute atomic E-state index is 15.3. The van der Waals surface area contributed by atoms with Crippen LogP contribution in [0, 0.1) is 11.6 Å². The summed E-state index contributed by atoms with van der Waals surface area (Å²) in [5, 5.41) is 2.70. The fourth-order valence-electron chi connectivity index (χ4n) is 3.77. The third kappa shape index (κ3) is 5.44. The van der Waals surface area contributed by atoms with Gasteiger partial charge in [-0.2, -0.15) is 0 Å². The Balaban J connectivity index is 0.00000176. The summed E-state index contributed by atoms with van der Waals surface area (Å²) in [6.45, 7) is 5.91. The molecule has 0 saturated heterocycles. The molecule has 0 aliphatic carbocycles. The van der Waals surface area contributed by atoms with Crippen LogP contribution in [0.15, 0.2) is 65.3 Å². The first-order valence-corrected chi connectivity index (χ1v) is 11.7. The largest absolute Gasteiger partial charge is 0.466 e. The van der Waals surface area contributed by atoms with E-state index in [-0.39, 0.29) is 52.8 Å². The Labute approximate surface area is 208 Å². The number of benzene rings is 3. The number of halogens is 2. The van der Waals surface area contributed by atoms with Gasteiger partial charge in [0.15, 0.2) is 0 Å². The fourth-order valence-corrected chi connectivity index (χ4v) is 3.77. The van der Waals surface area contributed by atoms with Crippen molar-refractivity contribution in [2.45, 2.75) is 33.7 Å². The van der Waals surface area contributed by atoms with E-state index in [0.29, 0.717) is 11.3 Å². The number of nitrogens with one attached hydrogen (secondary N) is 1. The Hall–Kier alpha value is -4.04. The van der Waals surface area contributed by atoms with Gasteiger partial charge in [0.25, 0.3) is 5.91 Å². The second-order valence-corrected chi connectivity index (χ2v) is 7.52. The van der Waals surface area contributed by atoms with Crippen LogP contribution in [-0.4, -0.2) is 18.5 Å². The van der Waals surface area contributed by atoms with E-state index in [1.54, 1.807) is 43.3 Å². The SMILES string of the molecule is CC.CCOC(=O)Cc1ccccc1NC(=O)c1cc(-c2cccc(CN)c2F)c2occc2c1F. The van der Waals surface area contributed by atoms with Crippen LogP contribution in [0.1, 0.15) is 42.3 Å². The van der Waals surface area contributed by atoms with E-state index < -0.39 is 23.5 Å². The highest BCUT2D eigenvalue weighted by Crippen LogP contribution is 2.36. The van der Waals surface area contributed by atoms with Gasteiger partial charge in [-0.25, -0.2) is 8.78 Å². The van der Waals surface area contributed by atoms with E-state index in [2.05, 4.69) is 5.32 Å². The molecule has 0 aliphatic heterocycles. The van der Waals surface area contributed by atoms with Crippen LogP contribution in [-0.2, 0) is 22.5 Å². The summed E-state index contributed by atoms with van der Waals surface area (Å²) in [6.07, 6.45) is 1.22. The van der Waals surface area contributed by atoms with E-state index in [4.69, 9.17) is 14.9 Å². The van der Waals surface area contributed by atoms with Crippen molar-refractivity contribution in [1.82, 2.24) is 0 Å². The molecule has 188 valence electrons. The summed E-state index contributed by atoms with van der Waals surface area (Å²) in [4.78, 5) is 25.1. The number of rotatable bonds is 7. The topological polar surface area (TPSA) is 94.6 Å². The first-order chi connectivity index (χ1) is 17.4. The van der Waals surface area contributed by atoms with E-state index in [9.17, 15) is 9.59 Å². The molecule has 4 rings (SSSR count). The number of carbonyl (C=O) groups is 2. The number of anilines is 1. The molecular weight excluding hydrogens is 466 g/mol. The van der Waals surface area contributed by atoms with Gasteiger partial charge in [0.2, 0.25) is 0 Å². The first-order valence-electron chi connectivity index (χ1n) is 11.7. The lowest BCUT2D eigenvalue weighted by molar-refractivity contribution is -0.142. The highest BCUT2D eigenvalue weighted by molar-refractivity contribution is 6.09. The Morgan fingerprint density at radius 3 is 2.42 bits per heavy atom. The lowest BCUT2D eigenvalue weighted by Crippen LogP contribution is -2.17. The number of hydrogen-bond acceptors (Lipinski definition) is 5. The van der Waals surface area contributed by atoms with Gasteiger partial charge >= 0.3 is 5.97 Å². The van der Waals surface area contributed by atoms with E-state index in [1.807, 2.05) is 13.8 Å². The molecule has 36 heavy (non-hydrogen) atoms. The smallest absolute Gasteiger partial charge is 0.310 e. The monoisotopic (exact) mass is 494 g/mol.